The minimum atomic E-state index is -4.78. The van der Waals surface area contributed by atoms with Gasteiger partial charge in [0.15, 0.2) is 5.75 Å². The number of fused-ring (bicyclic) bond motifs is 1. The minimum absolute atomic E-state index is 0.249. The van der Waals surface area contributed by atoms with Crippen molar-refractivity contribution in [3.8, 4) is 11.5 Å². The average molecular weight is 477 g/mol. The number of hydrogen-bond donors (Lipinski definition) is 3. The van der Waals surface area contributed by atoms with Crippen molar-refractivity contribution in [2.45, 2.75) is 4.90 Å². The highest BCUT2D eigenvalue weighted by Gasteiger charge is 2.22. The lowest BCUT2D eigenvalue weighted by molar-refractivity contribution is 0.102. The topological polar surface area (TPSA) is 138 Å². The van der Waals surface area contributed by atoms with Crippen LogP contribution in [0.3, 0.4) is 0 Å². The molecule has 10 heteroatoms. The maximum absolute atomic E-state index is 12.4. The van der Waals surface area contributed by atoms with E-state index in [0.29, 0.717) is 22.7 Å². The van der Waals surface area contributed by atoms with Crippen molar-refractivity contribution < 1.29 is 27.6 Å². The molecule has 0 unspecified atom stereocenters. The predicted octanol–water partition coefficient (Wildman–Crippen LogP) is 5.47. The first kappa shape index (κ1) is 22.9. The van der Waals surface area contributed by atoms with Gasteiger partial charge in [0.25, 0.3) is 16.0 Å². The molecule has 34 heavy (non-hydrogen) atoms. The molecule has 4 aromatic carbocycles. The molecule has 0 aliphatic heterocycles. The predicted molar refractivity (Wildman–Crippen MR) is 127 cm³/mol. The fraction of sp³-hybridized carbons (Fsp3) is 0.0417. The van der Waals surface area contributed by atoms with E-state index in [-0.39, 0.29) is 16.7 Å². The molecule has 0 radical (unpaired) electrons. The monoisotopic (exact) mass is 477 g/mol. The zero-order valence-electron chi connectivity index (χ0n) is 17.8. The lowest BCUT2D eigenvalue weighted by atomic mass is 10.1. The number of para-hydroxylation sites is 1. The number of amides is 1. The lowest BCUT2D eigenvalue weighted by Gasteiger charge is -2.11. The summed E-state index contributed by atoms with van der Waals surface area (Å²) in [6.45, 7) is 0. The number of nitrogens with one attached hydrogen (secondary N) is 1. The van der Waals surface area contributed by atoms with Crippen molar-refractivity contribution >= 4 is 43.9 Å². The average Bonchev–Trinajstić information content (AvgIpc) is 2.83. The van der Waals surface area contributed by atoms with E-state index in [0.717, 1.165) is 6.07 Å². The number of hydrogen-bond acceptors (Lipinski definition) is 7. The van der Waals surface area contributed by atoms with Crippen LogP contribution in [0, 0.1) is 0 Å². The highest BCUT2D eigenvalue weighted by Crippen LogP contribution is 2.42. The number of methoxy groups -OCH3 is 1. The number of phenolic OH excluding ortho intramolecular Hbond substituents is 1. The van der Waals surface area contributed by atoms with Crippen LogP contribution < -0.4 is 10.1 Å². The molecule has 0 aliphatic rings. The molecule has 1 amide bonds. The number of ether oxygens (including phenoxy) is 1. The Morgan fingerprint density at radius 2 is 1.65 bits per heavy atom. The van der Waals surface area contributed by atoms with Crippen LogP contribution >= 0.6 is 0 Å². The Morgan fingerprint density at radius 3 is 2.35 bits per heavy atom. The van der Waals surface area contributed by atoms with Crippen LogP contribution in [0.2, 0.25) is 0 Å². The van der Waals surface area contributed by atoms with Gasteiger partial charge in [0, 0.05) is 16.6 Å². The number of phenols is 1. The number of carbonyl (C=O) groups is 1. The van der Waals surface area contributed by atoms with Crippen molar-refractivity contribution in [2.75, 3.05) is 12.4 Å². The molecule has 0 aliphatic carbocycles. The maximum Gasteiger partial charge on any atom is 0.296 e. The van der Waals surface area contributed by atoms with Crippen molar-refractivity contribution in [3.05, 3.63) is 84.4 Å². The molecule has 3 N–H and O–H groups in total. The zero-order chi connectivity index (χ0) is 24.3. The summed E-state index contributed by atoms with van der Waals surface area (Å²) in [4.78, 5) is 11.8. The Labute approximate surface area is 195 Å². The first-order valence-electron chi connectivity index (χ1n) is 9.96. The molecular formula is C24H19N3O6S. The second-order valence-corrected chi connectivity index (χ2v) is 8.56. The molecule has 0 spiro atoms. The molecule has 4 rings (SSSR count). The summed E-state index contributed by atoms with van der Waals surface area (Å²) in [5.41, 5.74) is 0.674. The standard InChI is InChI=1S/C24H19N3O6S/c1-33-20-10-6-5-9-19(20)26-27-22-21(34(30,31)32)14-16-13-17(11-12-18(16)23(22)28)25-24(29)15-7-3-2-4-8-15/h2-14,28H,1H3,(H,25,29)(H,30,31,32). The number of aromatic hydroxyl groups is 1. The van der Waals surface area contributed by atoms with E-state index in [2.05, 4.69) is 15.5 Å². The highest BCUT2D eigenvalue weighted by molar-refractivity contribution is 7.86. The molecule has 9 nitrogen and oxygen atoms in total. The van der Waals surface area contributed by atoms with Gasteiger partial charge in [0.1, 0.15) is 22.0 Å². The fourth-order valence-corrected chi connectivity index (χ4v) is 3.99. The third-order valence-corrected chi connectivity index (χ3v) is 5.83. The summed E-state index contributed by atoms with van der Waals surface area (Å²) in [6.07, 6.45) is 0. The quantitative estimate of drug-likeness (QED) is 0.249. The Kier molecular flexibility index (Phi) is 6.26. The minimum Gasteiger partial charge on any atom is -0.505 e. The SMILES string of the molecule is COc1ccccc1N=Nc1c(S(=O)(=O)O)cc2cc(NC(=O)c3ccccc3)ccc2c1O. The molecule has 172 valence electrons. The number of carbonyl (C=O) groups excluding carboxylic acids is 1. The van der Waals surface area contributed by atoms with E-state index >= 15 is 0 Å². The Balaban J connectivity index is 1.78. The Hall–Kier alpha value is -4.28. The van der Waals surface area contributed by atoms with Crippen molar-refractivity contribution in [2.24, 2.45) is 10.2 Å². The van der Waals surface area contributed by atoms with Gasteiger partial charge >= 0.3 is 0 Å². The van der Waals surface area contributed by atoms with Crippen LogP contribution in [0.5, 0.6) is 11.5 Å². The summed E-state index contributed by atoms with van der Waals surface area (Å²) in [6, 6.07) is 20.9. The zero-order valence-corrected chi connectivity index (χ0v) is 18.7. The number of anilines is 1. The molecule has 0 atom stereocenters. The molecule has 0 bridgehead atoms. The molecule has 0 aromatic heterocycles. The Bertz CT molecular complexity index is 1520. The third-order valence-electron chi connectivity index (χ3n) is 4.97. The number of rotatable bonds is 6. The number of benzene rings is 4. The summed E-state index contributed by atoms with van der Waals surface area (Å²) in [7, 11) is -3.33. The molecular weight excluding hydrogens is 458 g/mol. The highest BCUT2D eigenvalue weighted by atomic mass is 32.2. The van der Waals surface area contributed by atoms with Crippen molar-refractivity contribution in [1.29, 1.82) is 0 Å². The van der Waals surface area contributed by atoms with Gasteiger partial charge in [-0.3, -0.25) is 9.35 Å². The van der Waals surface area contributed by atoms with Gasteiger partial charge in [-0.2, -0.15) is 8.42 Å². The summed E-state index contributed by atoms with van der Waals surface area (Å²) < 4.78 is 39.1. The smallest absolute Gasteiger partial charge is 0.296 e. The van der Waals surface area contributed by atoms with Crippen LogP contribution in [0.4, 0.5) is 17.1 Å². The van der Waals surface area contributed by atoms with Gasteiger partial charge in [-0.05, 0) is 53.9 Å². The second kappa shape index (κ2) is 9.30. The molecule has 0 heterocycles. The van der Waals surface area contributed by atoms with Crippen LogP contribution in [0.15, 0.2) is 94.0 Å². The van der Waals surface area contributed by atoms with E-state index < -0.39 is 26.5 Å². The van der Waals surface area contributed by atoms with Crippen LogP contribution in [-0.4, -0.2) is 31.1 Å². The number of azo groups is 1. The summed E-state index contributed by atoms with van der Waals surface area (Å²) in [5.74, 6) is -0.468. The van der Waals surface area contributed by atoms with Gasteiger partial charge < -0.3 is 15.2 Å². The van der Waals surface area contributed by atoms with Crippen LogP contribution in [0.1, 0.15) is 10.4 Å². The molecule has 4 aromatic rings. The fourth-order valence-electron chi connectivity index (χ4n) is 3.33. The van der Waals surface area contributed by atoms with Gasteiger partial charge in [-0.25, -0.2) is 0 Å². The third kappa shape index (κ3) is 4.72. The summed E-state index contributed by atoms with van der Waals surface area (Å²) >= 11 is 0. The van der Waals surface area contributed by atoms with E-state index in [4.69, 9.17) is 4.74 Å². The van der Waals surface area contributed by atoms with Gasteiger partial charge in [0.2, 0.25) is 0 Å². The maximum atomic E-state index is 12.4. The normalized spacial score (nSPS) is 11.6. The van der Waals surface area contributed by atoms with Crippen LogP contribution in [0.25, 0.3) is 10.8 Å². The first-order chi connectivity index (χ1) is 16.3. The largest absolute Gasteiger partial charge is 0.505 e. The van der Waals surface area contributed by atoms with Crippen LogP contribution in [-0.2, 0) is 10.1 Å². The van der Waals surface area contributed by atoms with Crippen molar-refractivity contribution in [1.82, 2.24) is 0 Å². The van der Waals surface area contributed by atoms with E-state index in [1.54, 1.807) is 60.7 Å². The van der Waals surface area contributed by atoms with E-state index in [1.165, 1.54) is 19.2 Å². The van der Waals surface area contributed by atoms with Gasteiger partial charge in [-0.15, -0.1) is 10.2 Å². The molecule has 0 fully saturated rings. The molecule has 0 saturated carbocycles. The van der Waals surface area contributed by atoms with Crippen molar-refractivity contribution in [3.63, 3.8) is 0 Å². The number of nitrogens with zero attached hydrogens (tertiary/aromatic N) is 2. The lowest BCUT2D eigenvalue weighted by Crippen LogP contribution is -2.11. The van der Waals surface area contributed by atoms with E-state index in [1.807, 2.05) is 0 Å². The summed E-state index contributed by atoms with van der Waals surface area (Å²) in [5, 5.41) is 21.9. The van der Waals surface area contributed by atoms with E-state index in [9.17, 15) is 22.9 Å². The second-order valence-electron chi connectivity index (χ2n) is 7.17. The van der Waals surface area contributed by atoms with Gasteiger partial charge in [-0.1, -0.05) is 30.3 Å². The first-order valence-corrected chi connectivity index (χ1v) is 11.4. The Morgan fingerprint density at radius 1 is 0.941 bits per heavy atom. The van der Waals surface area contributed by atoms with Gasteiger partial charge in [0.05, 0.1) is 7.11 Å². The molecule has 0 saturated heterocycles.